The first kappa shape index (κ1) is 13.8. The van der Waals surface area contributed by atoms with Crippen LogP contribution in [-0.4, -0.2) is 53.0 Å². The van der Waals surface area contributed by atoms with E-state index in [1.165, 1.54) is 11.1 Å². The summed E-state index contributed by atoms with van der Waals surface area (Å²) in [5, 5.41) is 10.7. The molecule has 1 saturated heterocycles. The number of benzene rings is 1. The van der Waals surface area contributed by atoms with Crippen molar-refractivity contribution in [2.45, 2.75) is 6.42 Å². The number of aromatic nitrogens is 3. The lowest BCUT2D eigenvalue weighted by Crippen LogP contribution is -2.46. The Morgan fingerprint density at radius 2 is 1.90 bits per heavy atom. The highest BCUT2D eigenvalue weighted by Gasteiger charge is 2.18. The lowest BCUT2D eigenvalue weighted by Gasteiger charge is -2.34. The average molecular weight is 283 g/mol. The summed E-state index contributed by atoms with van der Waals surface area (Å²) >= 11 is 0. The molecule has 0 spiro atoms. The van der Waals surface area contributed by atoms with Gasteiger partial charge in [-0.3, -0.25) is 4.90 Å². The molecule has 5 heteroatoms. The van der Waals surface area contributed by atoms with Gasteiger partial charge in [-0.05, 0) is 17.6 Å². The Bertz CT molecular complexity index is 556. The number of aromatic amines is 1. The lowest BCUT2D eigenvalue weighted by molar-refractivity contribution is 0.263. The molecule has 1 fully saturated rings. The summed E-state index contributed by atoms with van der Waals surface area (Å²) in [6, 6.07) is 10.4. The highest BCUT2D eigenvalue weighted by atomic mass is 15.4. The molecule has 1 N–H and O–H groups in total. The number of rotatable bonds is 5. The van der Waals surface area contributed by atoms with Crippen molar-refractivity contribution in [3.8, 4) is 0 Å². The summed E-state index contributed by atoms with van der Waals surface area (Å²) in [6.45, 7) is 9.41. The topological polar surface area (TPSA) is 48.0 Å². The van der Waals surface area contributed by atoms with Gasteiger partial charge in [0.05, 0.1) is 6.20 Å². The molecule has 0 unspecified atom stereocenters. The van der Waals surface area contributed by atoms with Gasteiger partial charge in [0.2, 0.25) is 0 Å². The molecule has 110 valence electrons. The molecule has 0 saturated carbocycles. The summed E-state index contributed by atoms with van der Waals surface area (Å²) in [7, 11) is 0. The summed E-state index contributed by atoms with van der Waals surface area (Å²) in [5.41, 5.74) is 2.47. The van der Waals surface area contributed by atoms with Crippen molar-refractivity contribution >= 4 is 11.4 Å². The first-order valence-electron chi connectivity index (χ1n) is 7.39. The van der Waals surface area contributed by atoms with Crippen molar-refractivity contribution < 1.29 is 0 Å². The molecular weight excluding hydrogens is 262 g/mol. The quantitative estimate of drug-likeness (QED) is 0.912. The predicted molar refractivity (Wildman–Crippen MR) is 85.1 cm³/mol. The van der Waals surface area contributed by atoms with Crippen molar-refractivity contribution in [3.63, 3.8) is 0 Å². The van der Waals surface area contributed by atoms with Crippen molar-refractivity contribution in [1.82, 2.24) is 20.3 Å². The number of anilines is 1. The van der Waals surface area contributed by atoms with E-state index in [-0.39, 0.29) is 0 Å². The smallest absolute Gasteiger partial charge is 0.170 e. The van der Waals surface area contributed by atoms with E-state index in [0.717, 1.165) is 45.0 Å². The van der Waals surface area contributed by atoms with Crippen LogP contribution in [0.2, 0.25) is 0 Å². The summed E-state index contributed by atoms with van der Waals surface area (Å²) in [6.07, 6.45) is 2.81. The molecular formula is C16H21N5. The SMILES string of the molecule is C=C(CCN1CCN(c2cn[nH]n2)CC1)c1ccccc1. The van der Waals surface area contributed by atoms with Gasteiger partial charge in [0.1, 0.15) is 0 Å². The molecule has 2 aromatic rings. The van der Waals surface area contributed by atoms with Gasteiger partial charge in [-0.1, -0.05) is 36.9 Å². The summed E-state index contributed by atoms with van der Waals surface area (Å²) < 4.78 is 0. The van der Waals surface area contributed by atoms with Crippen molar-refractivity contribution in [3.05, 3.63) is 48.7 Å². The third-order valence-electron chi connectivity index (χ3n) is 4.01. The normalized spacial score (nSPS) is 16.1. The molecule has 1 aromatic heterocycles. The number of nitrogens with one attached hydrogen (secondary N) is 1. The summed E-state index contributed by atoms with van der Waals surface area (Å²) in [4.78, 5) is 4.76. The maximum absolute atomic E-state index is 4.21. The number of H-pyrrole nitrogens is 1. The first-order chi connectivity index (χ1) is 10.3. The molecule has 5 nitrogen and oxygen atoms in total. The van der Waals surface area contributed by atoms with E-state index in [0.29, 0.717) is 0 Å². The van der Waals surface area contributed by atoms with Crippen LogP contribution < -0.4 is 4.90 Å². The van der Waals surface area contributed by atoms with Gasteiger partial charge in [-0.25, -0.2) is 0 Å². The fourth-order valence-electron chi connectivity index (χ4n) is 2.66. The van der Waals surface area contributed by atoms with Gasteiger partial charge in [-0.2, -0.15) is 10.3 Å². The Morgan fingerprint density at radius 1 is 1.14 bits per heavy atom. The second-order valence-corrected chi connectivity index (χ2v) is 5.38. The maximum atomic E-state index is 4.21. The highest BCUT2D eigenvalue weighted by Crippen LogP contribution is 2.17. The standard InChI is InChI=1S/C16H21N5/c1-14(15-5-3-2-4-6-15)7-8-20-9-11-21(12-10-20)16-13-17-19-18-16/h2-6,13H,1,7-12H2,(H,17,18,19). The number of hydrogen-bond acceptors (Lipinski definition) is 4. The largest absolute Gasteiger partial charge is 0.351 e. The maximum Gasteiger partial charge on any atom is 0.170 e. The van der Waals surface area contributed by atoms with Crippen LogP contribution in [0.15, 0.2) is 43.1 Å². The van der Waals surface area contributed by atoms with E-state index in [2.05, 4.69) is 56.1 Å². The zero-order chi connectivity index (χ0) is 14.5. The van der Waals surface area contributed by atoms with Crippen molar-refractivity contribution in [1.29, 1.82) is 0 Å². The van der Waals surface area contributed by atoms with Gasteiger partial charge in [0.15, 0.2) is 5.82 Å². The Balaban J connectivity index is 1.45. The van der Waals surface area contributed by atoms with Crippen LogP contribution in [0.1, 0.15) is 12.0 Å². The van der Waals surface area contributed by atoms with Crippen LogP contribution in [0.25, 0.3) is 5.57 Å². The Morgan fingerprint density at radius 3 is 2.57 bits per heavy atom. The monoisotopic (exact) mass is 283 g/mol. The second-order valence-electron chi connectivity index (χ2n) is 5.38. The van der Waals surface area contributed by atoms with Crippen LogP contribution in [-0.2, 0) is 0 Å². The third kappa shape index (κ3) is 3.49. The van der Waals surface area contributed by atoms with E-state index in [1.54, 1.807) is 6.20 Å². The van der Waals surface area contributed by atoms with Gasteiger partial charge in [0, 0.05) is 32.7 Å². The van der Waals surface area contributed by atoms with Crippen LogP contribution in [0.3, 0.4) is 0 Å². The van der Waals surface area contributed by atoms with Gasteiger partial charge < -0.3 is 4.90 Å². The Kier molecular flexibility index (Phi) is 4.31. The van der Waals surface area contributed by atoms with E-state index < -0.39 is 0 Å². The minimum Gasteiger partial charge on any atom is -0.351 e. The Labute approximate surface area is 125 Å². The first-order valence-corrected chi connectivity index (χ1v) is 7.39. The van der Waals surface area contributed by atoms with E-state index in [1.807, 2.05) is 6.07 Å². The number of hydrogen-bond donors (Lipinski definition) is 1. The second kappa shape index (κ2) is 6.54. The van der Waals surface area contributed by atoms with Crippen molar-refractivity contribution in [2.24, 2.45) is 0 Å². The molecule has 2 heterocycles. The lowest BCUT2D eigenvalue weighted by atomic mass is 10.0. The van der Waals surface area contributed by atoms with E-state index in [9.17, 15) is 0 Å². The predicted octanol–water partition coefficient (Wildman–Crippen LogP) is 2.03. The molecule has 1 aliphatic heterocycles. The van der Waals surface area contributed by atoms with Crippen LogP contribution in [0.4, 0.5) is 5.82 Å². The highest BCUT2D eigenvalue weighted by molar-refractivity contribution is 5.63. The molecule has 0 bridgehead atoms. The van der Waals surface area contributed by atoms with Crippen LogP contribution in [0.5, 0.6) is 0 Å². The molecule has 1 aliphatic rings. The minimum atomic E-state index is 0.948. The van der Waals surface area contributed by atoms with Crippen LogP contribution >= 0.6 is 0 Å². The van der Waals surface area contributed by atoms with Gasteiger partial charge in [-0.15, -0.1) is 5.10 Å². The summed E-state index contributed by atoms with van der Waals surface area (Å²) in [5.74, 6) is 0.948. The molecule has 0 radical (unpaired) electrons. The number of piperazine rings is 1. The van der Waals surface area contributed by atoms with Gasteiger partial charge >= 0.3 is 0 Å². The third-order valence-corrected chi connectivity index (χ3v) is 4.01. The van der Waals surface area contributed by atoms with Gasteiger partial charge in [0.25, 0.3) is 0 Å². The molecule has 1 aromatic carbocycles. The zero-order valence-corrected chi connectivity index (χ0v) is 12.2. The molecule has 0 aliphatic carbocycles. The fraction of sp³-hybridized carbons (Fsp3) is 0.375. The molecule has 0 atom stereocenters. The van der Waals surface area contributed by atoms with E-state index in [4.69, 9.17) is 0 Å². The van der Waals surface area contributed by atoms with Crippen LogP contribution in [0, 0.1) is 0 Å². The molecule has 3 rings (SSSR count). The molecule has 0 amide bonds. The van der Waals surface area contributed by atoms with Crippen molar-refractivity contribution in [2.75, 3.05) is 37.6 Å². The average Bonchev–Trinajstić information content (AvgIpc) is 3.08. The number of nitrogens with zero attached hydrogens (tertiary/aromatic N) is 4. The molecule has 21 heavy (non-hydrogen) atoms. The van der Waals surface area contributed by atoms with E-state index >= 15 is 0 Å². The fourth-order valence-corrected chi connectivity index (χ4v) is 2.66. The zero-order valence-electron chi connectivity index (χ0n) is 12.2. The minimum absolute atomic E-state index is 0.948. The Hall–Kier alpha value is -2.14.